The molecule has 2 aliphatic heterocycles. The molecule has 1 aromatic heterocycles. The van der Waals surface area contributed by atoms with Crippen molar-refractivity contribution in [3.05, 3.63) is 29.6 Å². The van der Waals surface area contributed by atoms with Crippen molar-refractivity contribution < 1.29 is 37.4 Å². The van der Waals surface area contributed by atoms with Gasteiger partial charge in [-0.1, -0.05) is 6.07 Å². The number of amides is 2. The number of carbonyl (C=O) groups excluding carboxylic acids is 2. The van der Waals surface area contributed by atoms with Gasteiger partial charge in [0.05, 0.1) is 18.7 Å². The summed E-state index contributed by atoms with van der Waals surface area (Å²) in [5.74, 6) is -2.61. The van der Waals surface area contributed by atoms with E-state index in [9.17, 15) is 22.8 Å². The number of ether oxygens (including phenoxy) is 1. The number of likely N-dealkylation sites (tertiary alicyclic amines) is 2. The summed E-state index contributed by atoms with van der Waals surface area (Å²) in [5.41, 5.74) is 1.33. The summed E-state index contributed by atoms with van der Waals surface area (Å²) in [4.78, 5) is 42.0. The third-order valence-corrected chi connectivity index (χ3v) is 5.03. The third-order valence-electron chi connectivity index (χ3n) is 5.03. The Balaban J connectivity index is 0.000000396. The number of aryl methyl sites for hydroxylation is 1. The topological polar surface area (TPSA) is 100 Å². The number of carbonyl (C=O) groups is 3. The van der Waals surface area contributed by atoms with Gasteiger partial charge < -0.3 is 19.6 Å². The molecular weight excluding hydrogens is 407 g/mol. The van der Waals surface area contributed by atoms with E-state index in [1.165, 1.54) is 0 Å². The van der Waals surface area contributed by atoms with Crippen LogP contribution in [-0.2, 0) is 14.3 Å². The van der Waals surface area contributed by atoms with Crippen LogP contribution in [0.3, 0.4) is 0 Å². The first-order valence-corrected chi connectivity index (χ1v) is 9.39. The molecule has 2 amide bonds. The molecule has 1 N–H and O–H groups in total. The third kappa shape index (κ3) is 5.68. The summed E-state index contributed by atoms with van der Waals surface area (Å²) in [7, 11) is 1.64. The summed E-state index contributed by atoms with van der Waals surface area (Å²) in [6.07, 6.45) is -3.02. The average Bonchev–Trinajstić information content (AvgIpc) is 3.10. The van der Waals surface area contributed by atoms with Crippen molar-refractivity contribution in [1.29, 1.82) is 0 Å². The van der Waals surface area contributed by atoms with E-state index in [4.69, 9.17) is 14.6 Å². The molecule has 0 bridgehead atoms. The van der Waals surface area contributed by atoms with Gasteiger partial charge in [0.2, 0.25) is 5.91 Å². The maximum atomic E-state index is 12.8. The Hall–Kier alpha value is -2.69. The molecule has 3 rings (SSSR count). The van der Waals surface area contributed by atoms with E-state index < -0.39 is 12.1 Å². The molecule has 0 aliphatic carbocycles. The monoisotopic (exact) mass is 431 g/mol. The summed E-state index contributed by atoms with van der Waals surface area (Å²) in [6.45, 7) is 3.69. The van der Waals surface area contributed by atoms with Crippen molar-refractivity contribution in [2.24, 2.45) is 0 Å². The second-order valence-electron chi connectivity index (χ2n) is 7.01. The number of piperidine rings is 1. The highest BCUT2D eigenvalue weighted by Gasteiger charge is 2.45. The molecule has 3 heterocycles. The highest BCUT2D eigenvalue weighted by molar-refractivity contribution is 5.93. The molecule has 11 heteroatoms. The predicted octanol–water partition coefficient (Wildman–Crippen LogP) is 1.88. The molecule has 0 spiro atoms. The molecule has 166 valence electrons. The van der Waals surface area contributed by atoms with Gasteiger partial charge in [-0.05, 0) is 31.9 Å². The van der Waals surface area contributed by atoms with Crippen molar-refractivity contribution in [2.45, 2.75) is 44.4 Å². The number of halogens is 3. The van der Waals surface area contributed by atoms with E-state index in [0.29, 0.717) is 31.8 Å². The number of carboxylic acid groups (broad SMARTS) is 1. The summed E-state index contributed by atoms with van der Waals surface area (Å²) >= 11 is 0. The number of carboxylic acids is 1. The van der Waals surface area contributed by atoms with Crippen molar-refractivity contribution in [3.8, 4) is 0 Å². The second-order valence-corrected chi connectivity index (χ2v) is 7.01. The van der Waals surface area contributed by atoms with Gasteiger partial charge in [-0.15, -0.1) is 0 Å². The smallest absolute Gasteiger partial charge is 0.475 e. The minimum Gasteiger partial charge on any atom is -0.475 e. The lowest BCUT2D eigenvalue weighted by molar-refractivity contribution is -0.192. The zero-order valence-electron chi connectivity index (χ0n) is 16.7. The fourth-order valence-corrected chi connectivity index (χ4v) is 3.69. The summed E-state index contributed by atoms with van der Waals surface area (Å²) < 4.78 is 36.8. The zero-order chi connectivity index (χ0) is 22.5. The minimum absolute atomic E-state index is 0.0257. The molecule has 2 atom stereocenters. The Morgan fingerprint density at radius 3 is 2.50 bits per heavy atom. The molecule has 2 saturated heterocycles. The molecule has 30 heavy (non-hydrogen) atoms. The normalized spacial score (nSPS) is 21.0. The van der Waals surface area contributed by atoms with E-state index >= 15 is 0 Å². The highest BCUT2D eigenvalue weighted by atomic mass is 19.4. The van der Waals surface area contributed by atoms with Crippen LogP contribution in [0.15, 0.2) is 18.2 Å². The molecule has 2 aliphatic rings. The maximum absolute atomic E-state index is 12.8. The maximum Gasteiger partial charge on any atom is 0.490 e. The molecular formula is C19H24F3N3O5. The van der Waals surface area contributed by atoms with Crippen molar-refractivity contribution in [2.75, 3.05) is 26.8 Å². The average molecular weight is 431 g/mol. The first-order valence-electron chi connectivity index (χ1n) is 9.39. The first-order chi connectivity index (χ1) is 14.1. The van der Waals surface area contributed by atoms with Gasteiger partial charge in [0.25, 0.3) is 5.91 Å². The number of hydrogen-bond acceptors (Lipinski definition) is 5. The van der Waals surface area contributed by atoms with E-state index in [1.54, 1.807) is 13.2 Å². The van der Waals surface area contributed by atoms with E-state index in [2.05, 4.69) is 4.98 Å². The molecule has 1 aromatic rings. The van der Waals surface area contributed by atoms with Gasteiger partial charge in [0, 0.05) is 32.3 Å². The number of aromatic nitrogens is 1. The van der Waals surface area contributed by atoms with Crippen molar-refractivity contribution in [1.82, 2.24) is 14.8 Å². The van der Waals surface area contributed by atoms with Crippen LogP contribution in [0.4, 0.5) is 13.2 Å². The lowest BCUT2D eigenvalue weighted by Crippen LogP contribution is -2.54. The highest BCUT2D eigenvalue weighted by Crippen LogP contribution is 2.32. The zero-order valence-corrected chi connectivity index (χ0v) is 16.7. The minimum atomic E-state index is -5.08. The standard InChI is InChI=1S/C17H23N3O3.C2HF3O2/c1-12-4-3-5-13(18-12)17(22)20-9-8-15-14(20)6-7-16(21)19(15)10-11-23-2;3-2(4,5)1(6)7/h3-5,14-15H,6-11H2,1-2H3;(H,6,7)/t14-,15-;/m1./s1. The van der Waals surface area contributed by atoms with Crippen molar-refractivity contribution >= 4 is 17.8 Å². The van der Waals surface area contributed by atoms with E-state index in [-0.39, 0.29) is 23.9 Å². The number of aliphatic carboxylic acids is 1. The van der Waals surface area contributed by atoms with Crippen LogP contribution < -0.4 is 0 Å². The van der Waals surface area contributed by atoms with Crippen LogP contribution in [0.1, 0.15) is 35.4 Å². The van der Waals surface area contributed by atoms with Crippen LogP contribution in [0.2, 0.25) is 0 Å². The Bertz CT molecular complexity index is 787. The number of pyridine rings is 1. The molecule has 0 unspecified atom stereocenters. The number of hydrogen-bond donors (Lipinski definition) is 1. The first kappa shape index (κ1) is 23.6. The molecule has 0 aromatic carbocycles. The fraction of sp³-hybridized carbons (Fsp3) is 0.579. The molecule has 0 saturated carbocycles. The van der Waals surface area contributed by atoms with Gasteiger partial charge in [0.1, 0.15) is 5.69 Å². The lowest BCUT2D eigenvalue weighted by atomic mass is 9.96. The lowest BCUT2D eigenvalue weighted by Gasteiger charge is -2.39. The van der Waals surface area contributed by atoms with Gasteiger partial charge in [-0.2, -0.15) is 13.2 Å². The summed E-state index contributed by atoms with van der Waals surface area (Å²) in [5, 5.41) is 7.12. The van der Waals surface area contributed by atoms with Gasteiger partial charge >= 0.3 is 12.1 Å². The number of methoxy groups -OCH3 is 1. The molecule has 2 fully saturated rings. The second kappa shape index (κ2) is 9.88. The number of fused-ring (bicyclic) bond motifs is 1. The number of alkyl halides is 3. The van der Waals surface area contributed by atoms with Crippen LogP contribution in [-0.4, -0.2) is 82.7 Å². The Morgan fingerprint density at radius 2 is 1.93 bits per heavy atom. The van der Waals surface area contributed by atoms with Crippen molar-refractivity contribution in [3.63, 3.8) is 0 Å². The number of nitrogens with zero attached hydrogens (tertiary/aromatic N) is 3. The SMILES string of the molecule is COCCN1C(=O)CC[C@@H]2[C@H]1CCN2C(=O)c1cccc(C)n1.O=C(O)C(F)(F)F. The Labute approximate surface area is 171 Å². The van der Waals surface area contributed by atoms with Gasteiger partial charge in [0.15, 0.2) is 0 Å². The largest absolute Gasteiger partial charge is 0.490 e. The Kier molecular flexibility index (Phi) is 7.77. The van der Waals surface area contributed by atoms with Crippen LogP contribution in [0.25, 0.3) is 0 Å². The molecule has 8 nitrogen and oxygen atoms in total. The quantitative estimate of drug-likeness (QED) is 0.782. The van der Waals surface area contributed by atoms with Crippen LogP contribution in [0, 0.1) is 6.92 Å². The van der Waals surface area contributed by atoms with E-state index in [0.717, 1.165) is 18.5 Å². The van der Waals surface area contributed by atoms with Gasteiger partial charge in [-0.3, -0.25) is 9.59 Å². The van der Waals surface area contributed by atoms with Gasteiger partial charge in [-0.25, -0.2) is 9.78 Å². The van der Waals surface area contributed by atoms with E-state index in [1.807, 2.05) is 28.9 Å². The summed E-state index contributed by atoms with van der Waals surface area (Å²) in [6, 6.07) is 5.71. The van der Waals surface area contributed by atoms with Crippen LogP contribution >= 0.6 is 0 Å². The Morgan fingerprint density at radius 1 is 1.27 bits per heavy atom. The predicted molar refractivity (Wildman–Crippen MR) is 98.7 cm³/mol. The number of rotatable bonds is 4. The molecule has 0 radical (unpaired) electrons. The fourth-order valence-electron chi connectivity index (χ4n) is 3.69. The van der Waals surface area contributed by atoms with Crippen LogP contribution in [0.5, 0.6) is 0 Å².